The summed E-state index contributed by atoms with van der Waals surface area (Å²) in [7, 11) is -0.362. The van der Waals surface area contributed by atoms with Crippen LogP contribution >= 0.6 is 0 Å². The molecule has 0 aromatic heterocycles. The van der Waals surface area contributed by atoms with Gasteiger partial charge in [-0.15, -0.1) is 0 Å². The number of ether oxygens (including phenoxy) is 3. The molecule has 5 nitrogen and oxygen atoms in total. The first-order chi connectivity index (χ1) is 12.1. The zero-order valence-corrected chi connectivity index (χ0v) is 18.7. The first-order valence-electron chi connectivity index (χ1n) is 9.69. The second-order valence-electron chi connectivity index (χ2n) is 8.58. The molecule has 0 N–H and O–H groups in total. The molecule has 0 amide bonds. The van der Waals surface area contributed by atoms with Gasteiger partial charge in [-0.05, 0) is 44.3 Å². The summed E-state index contributed by atoms with van der Waals surface area (Å²) < 4.78 is 22.7. The third kappa shape index (κ3) is 7.90. The second kappa shape index (κ2) is 10.6. The lowest BCUT2D eigenvalue weighted by Gasteiger charge is -2.40. The number of carbonyl (C=O) groups is 1. The minimum atomic E-state index is -1.79. The van der Waals surface area contributed by atoms with E-state index in [1.165, 1.54) is 7.11 Å². The van der Waals surface area contributed by atoms with Crippen LogP contribution in [-0.2, 0) is 23.4 Å². The van der Waals surface area contributed by atoms with E-state index in [1.807, 2.05) is 6.92 Å². The Morgan fingerprint density at radius 2 is 1.96 bits per heavy atom. The Balaban J connectivity index is 2.47. The third-order valence-electron chi connectivity index (χ3n) is 5.44. The van der Waals surface area contributed by atoms with E-state index in [9.17, 15) is 4.79 Å². The molecule has 1 aliphatic rings. The summed E-state index contributed by atoms with van der Waals surface area (Å²) >= 11 is 0. The summed E-state index contributed by atoms with van der Waals surface area (Å²) in [6.07, 6.45) is 7.25. The van der Waals surface area contributed by atoms with Gasteiger partial charge in [-0.2, -0.15) is 0 Å². The van der Waals surface area contributed by atoms with Gasteiger partial charge in [0.15, 0.2) is 14.6 Å². The van der Waals surface area contributed by atoms with Crippen LogP contribution in [0.2, 0.25) is 18.1 Å². The van der Waals surface area contributed by atoms with Crippen molar-refractivity contribution in [1.29, 1.82) is 0 Å². The molecular weight excluding hydrogens is 348 g/mol. The monoisotopic (exact) mass is 386 g/mol. The molecule has 1 saturated heterocycles. The zero-order chi connectivity index (χ0) is 19.8. The predicted molar refractivity (Wildman–Crippen MR) is 107 cm³/mol. The first kappa shape index (κ1) is 23.3. The van der Waals surface area contributed by atoms with Crippen molar-refractivity contribution in [3.05, 3.63) is 12.2 Å². The molecule has 1 aliphatic heterocycles. The van der Waals surface area contributed by atoms with Gasteiger partial charge in [0.05, 0.1) is 26.4 Å². The lowest BCUT2D eigenvalue weighted by Crippen LogP contribution is -2.47. The van der Waals surface area contributed by atoms with Gasteiger partial charge in [-0.3, -0.25) is 4.79 Å². The van der Waals surface area contributed by atoms with Crippen molar-refractivity contribution in [2.75, 3.05) is 20.3 Å². The number of methoxy groups -OCH3 is 1. The van der Waals surface area contributed by atoms with E-state index in [0.29, 0.717) is 25.6 Å². The van der Waals surface area contributed by atoms with Crippen LogP contribution in [0.1, 0.15) is 53.4 Å². The van der Waals surface area contributed by atoms with Crippen molar-refractivity contribution in [3.8, 4) is 0 Å². The largest absolute Gasteiger partial charge is 0.469 e. The quantitative estimate of drug-likeness (QED) is 0.249. The number of rotatable bonds is 9. The second-order valence-corrected chi connectivity index (χ2v) is 13.4. The van der Waals surface area contributed by atoms with Gasteiger partial charge in [0.2, 0.25) is 0 Å². The SMILES string of the molecule is COC(=O)CCC/C=C\C[C@H]1CO[C@@H](C)O[C@H]1CO[Si](C)(C)C(C)(C)C. The smallest absolute Gasteiger partial charge is 0.305 e. The Morgan fingerprint density at radius 3 is 2.58 bits per heavy atom. The Kier molecular flexibility index (Phi) is 9.51. The minimum Gasteiger partial charge on any atom is -0.469 e. The van der Waals surface area contributed by atoms with E-state index in [-0.39, 0.29) is 23.4 Å². The molecule has 6 heteroatoms. The summed E-state index contributed by atoms with van der Waals surface area (Å²) in [6.45, 7) is 14.6. The molecule has 0 saturated carbocycles. The molecule has 1 heterocycles. The normalized spacial score (nSPS) is 24.8. The molecule has 0 aromatic rings. The highest BCUT2D eigenvalue weighted by Crippen LogP contribution is 2.37. The molecule has 0 radical (unpaired) electrons. The van der Waals surface area contributed by atoms with Crippen LogP contribution in [0.4, 0.5) is 0 Å². The predicted octanol–water partition coefficient (Wildman–Crippen LogP) is 4.68. The summed E-state index contributed by atoms with van der Waals surface area (Å²) in [4.78, 5) is 11.1. The number of esters is 1. The summed E-state index contributed by atoms with van der Waals surface area (Å²) in [5, 5.41) is 0.193. The first-order valence-corrected chi connectivity index (χ1v) is 12.6. The van der Waals surface area contributed by atoms with Gasteiger partial charge < -0.3 is 18.6 Å². The number of unbranched alkanes of at least 4 members (excludes halogenated alkanes) is 1. The van der Waals surface area contributed by atoms with E-state index < -0.39 is 8.32 Å². The van der Waals surface area contributed by atoms with Crippen molar-refractivity contribution in [3.63, 3.8) is 0 Å². The highest BCUT2D eigenvalue weighted by Gasteiger charge is 2.39. The number of hydrogen-bond donors (Lipinski definition) is 0. The summed E-state index contributed by atoms with van der Waals surface area (Å²) in [5.74, 6) is 0.150. The van der Waals surface area contributed by atoms with E-state index in [2.05, 4.69) is 50.8 Å². The fourth-order valence-corrected chi connectivity index (χ4v) is 3.53. The minimum absolute atomic E-state index is 0.0626. The summed E-state index contributed by atoms with van der Waals surface area (Å²) in [6, 6.07) is 0. The van der Waals surface area contributed by atoms with Gasteiger partial charge >= 0.3 is 5.97 Å². The van der Waals surface area contributed by atoms with E-state index >= 15 is 0 Å². The molecule has 0 aromatic carbocycles. The topological polar surface area (TPSA) is 54.0 Å². The number of allylic oxidation sites excluding steroid dienone is 2. The van der Waals surface area contributed by atoms with Crippen LogP contribution in [0.3, 0.4) is 0 Å². The lowest BCUT2D eigenvalue weighted by molar-refractivity contribution is -0.233. The lowest BCUT2D eigenvalue weighted by atomic mass is 9.98. The maximum Gasteiger partial charge on any atom is 0.305 e. The average molecular weight is 387 g/mol. The average Bonchev–Trinajstić information content (AvgIpc) is 2.56. The Morgan fingerprint density at radius 1 is 1.27 bits per heavy atom. The van der Waals surface area contributed by atoms with Crippen molar-refractivity contribution in [2.45, 2.75) is 83.9 Å². The van der Waals surface area contributed by atoms with Gasteiger partial charge in [0, 0.05) is 12.3 Å². The van der Waals surface area contributed by atoms with Gasteiger partial charge in [0.25, 0.3) is 0 Å². The van der Waals surface area contributed by atoms with Gasteiger partial charge in [-0.25, -0.2) is 0 Å². The van der Waals surface area contributed by atoms with Crippen molar-refractivity contribution >= 4 is 14.3 Å². The van der Waals surface area contributed by atoms with E-state index in [4.69, 9.17) is 13.9 Å². The standard InChI is InChI=1S/C20H38O5Si/c1-16-23-14-17(12-10-8-9-11-13-19(21)22-5)18(25-16)15-24-26(6,7)20(2,3)4/h8,10,16-18H,9,11-15H2,1-7H3/b10-8-/t16-,17+,18+/m1/s1. The maximum absolute atomic E-state index is 11.1. The molecule has 3 atom stereocenters. The molecule has 26 heavy (non-hydrogen) atoms. The fraction of sp³-hybridized carbons (Fsp3) is 0.850. The van der Waals surface area contributed by atoms with Crippen LogP contribution in [0.25, 0.3) is 0 Å². The van der Waals surface area contributed by atoms with E-state index in [0.717, 1.165) is 19.3 Å². The summed E-state index contributed by atoms with van der Waals surface area (Å²) in [5.41, 5.74) is 0. The van der Waals surface area contributed by atoms with Gasteiger partial charge in [0.1, 0.15) is 0 Å². The molecule has 1 fully saturated rings. The molecule has 0 aliphatic carbocycles. The fourth-order valence-electron chi connectivity index (χ4n) is 2.52. The van der Waals surface area contributed by atoms with Crippen LogP contribution in [0.15, 0.2) is 12.2 Å². The van der Waals surface area contributed by atoms with Crippen molar-refractivity contribution in [2.24, 2.45) is 5.92 Å². The Hall–Kier alpha value is -0.693. The van der Waals surface area contributed by atoms with Crippen LogP contribution in [0, 0.1) is 5.92 Å². The number of hydrogen-bond acceptors (Lipinski definition) is 5. The highest BCUT2D eigenvalue weighted by atomic mass is 28.4. The molecule has 0 spiro atoms. The molecule has 1 rings (SSSR count). The molecule has 152 valence electrons. The number of carbonyl (C=O) groups excluding carboxylic acids is 1. The highest BCUT2D eigenvalue weighted by molar-refractivity contribution is 6.74. The third-order valence-corrected chi connectivity index (χ3v) is 9.94. The maximum atomic E-state index is 11.1. The zero-order valence-electron chi connectivity index (χ0n) is 17.7. The van der Waals surface area contributed by atoms with Crippen LogP contribution in [0.5, 0.6) is 0 Å². The Bertz CT molecular complexity index is 456. The Labute approximate surface area is 160 Å². The van der Waals surface area contributed by atoms with E-state index in [1.54, 1.807) is 0 Å². The van der Waals surface area contributed by atoms with Crippen LogP contribution < -0.4 is 0 Å². The van der Waals surface area contributed by atoms with Crippen LogP contribution in [-0.4, -0.2) is 47.0 Å². The van der Waals surface area contributed by atoms with Gasteiger partial charge in [-0.1, -0.05) is 32.9 Å². The molecular formula is C20H38O5Si. The van der Waals surface area contributed by atoms with Crippen molar-refractivity contribution < 1.29 is 23.4 Å². The van der Waals surface area contributed by atoms with Crippen molar-refractivity contribution in [1.82, 2.24) is 0 Å². The molecule has 0 bridgehead atoms. The molecule has 0 unspecified atom stereocenters.